The highest BCUT2D eigenvalue weighted by Crippen LogP contribution is 2.16. The van der Waals surface area contributed by atoms with E-state index in [-0.39, 0.29) is 17.1 Å². The van der Waals surface area contributed by atoms with Crippen molar-refractivity contribution in [3.8, 4) is 0 Å². The third-order valence-electron chi connectivity index (χ3n) is 4.52. The van der Waals surface area contributed by atoms with Crippen molar-refractivity contribution >= 4 is 34.8 Å². The number of carboxylic acids is 2. The van der Waals surface area contributed by atoms with Gasteiger partial charge < -0.3 is 26.2 Å². The Bertz CT molecular complexity index is 1230. The van der Waals surface area contributed by atoms with Crippen LogP contribution in [0.5, 0.6) is 0 Å². The Hall–Kier alpha value is -4.41. The molecule has 2 heterocycles. The number of aliphatic carboxylic acids is 2. The van der Waals surface area contributed by atoms with Gasteiger partial charge in [0.05, 0.1) is 5.39 Å². The van der Waals surface area contributed by atoms with Gasteiger partial charge in [0.1, 0.15) is 11.7 Å². The Morgan fingerprint density at radius 3 is 2.52 bits per heavy atom. The van der Waals surface area contributed by atoms with E-state index in [4.69, 9.17) is 15.9 Å². The highest BCUT2D eigenvalue weighted by atomic mass is 16.4. The first-order valence-corrected chi connectivity index (χ1v) is 9.14. The maximum absolute atomic E-state index is 12.3. The normalized spacial score (nSPS) is 12.1. The SMILES string of the molecule is Nc1nc2[nH]cc(CCc3ccc(C(=O)N[C@@H](/C=C/C(=O)O)C(=O)O)cc3)c2c(=O)[nH]1. The van der Waals surface area contributed by atoms with Crippen LogP contribution in [0.1, 0.15) is 21.5 Å². The molecule has 1 amide bonds. The summed E-state index contributed by atoms with van der Waals surface area (Å²) in [6.45, 7) is 0. The van der Waals surface area contributed by atoms with Crippen LogP contribution in [0.25, 0.3) is 11.0 Å². The minimum atomic E-state index is -1.47. The number of anilines is 1. The smallest absolute Gasteiger partial charge is 0.330 e. The minimum absolute atomic E-state index is 0.0309. The van der Waals surface area contributed by atoms with Crippen LogP contribution in [0, 0.1) is 0 Å². The molecule has 0 radical (unpaired) electrons. The number of benzene rings is 1. The monoisotopic (exact) mass is 425 g/mol. The number of nitrogens with one attached hydrogen (secondary N) is 3. The number of carboxylic acid groups (broad SMARTS) is 2. The van der Waals surface area contributed by atoms with Gasteiger partial charge in [-0.15, -0.1) is 0 Å². The standard InChI is InChI=1S/C20H19N5O6/c21-20-24-16-15(18(29)25-20)12(9-22-16)6-3-10-1-4-11(5-2-10)17(28)23-13(19(30)31)7-8-14(26)27/h1-2,4-5,7-9,13H,3,6H2,(H,23,28)(H,26,27)(H,30,31)(H4,21,22,24,25,29)/b8-7+/t13-/m0/s1. The van der Waals surface area contributed by atoms with Crippen LogP contribution < -0.4 is 16.6 Å². The number of nitrogens with two attached hydrogens (primary N) is 1. The van der Waals surface area contributed by atoms with E-state index < -0.39 is 23.9 Å². The summed E-state index contributed by atoms with van der Waals surface area (Å²) in [6, 6.07) is 5.04. The Morgan fingerprint density at radius 1 is 1.16 bits per heavy atom. The van der Waals surface area contributed by atoms with Crippen molar-refractivity contribution in [3.63, 3.8) is 0 Å². The topological polar surface area (TPSA) is 191 Å². The summed E-state index contributed by atoms with van der Waals surface area (Å²) in [6.07, 6.45) is 4.36. The van der Waals surface area contributed by atoms with E-state index in [1.54, 1.807) is 18.3 Å². The van der Waals surface area contributed by atoms with Gasteiger partial charge in [0, 0.05) is 17.8 Å². The summed E-state index contributed by atoms with van der Waals surface area (Å²) in [5, 5.41) is 20.4. The lowest BCUT2D eigenvalue weighted by atomic mass is 10.0. The number of amides is 1. The molecular weight excluding hydrogens is 406 g/mol. The predicted octanol–water partition coefficient (Wildman–Crippen LogP) is 0.442. The summed E-state index contributed by atoms with van der Waals surface area (Å²) in [7, 11) is 0. The van der Waals surface area contributed by atoms with Crippen molar-refractivity contribution in [2.24, 2.45) is 0 Å². The second kappa shape index (κ2) is 8.95. The van der Waals surface area contributed by atoms with Crippen LogP contribution in [-0.2, 0) is 22.4 Å². The van der Waals surface area contributed by atoms with Gasteiger partial charge in [-0.2, -0.15) is 4.98 Å². The predicted molar refractivity (Wildman–Crippen MR) is 111 cm³/mol. The lowest BCUT2D eigenvalue weighted by Crippen LogP contribution is -2.39. The molecule has 0 aliphatic heterocycles. The van der Waals surface area contributed by atoms with Crippen LogP contribution in [-0.4, -0.2) is 49.1 Å². The fraction of sp³-hybridized carbons (Fsp3) is 0.150. The fourth-order valence-corrected chi connectivity index (χ4v) is 3.01. The van der Waals surface area contributed by atoms with Gasteiger partial charge in [-0.25, -0.2) is 9.59 Å². The molecule has 2 aromatic heterocycles. The molecule has 7 N–H and O–H groups in total. The summed E-state index contributed by atoms with van der Waals surface area (Å²) < 4.78 is 0. The van der Waals surface area contributed by atoms with Crippen molar-refractivity contribution in [2.45, 2.75) is 18.9 Å². The number of nitrogen functional groups attached to an aromatic ring is 1. The Balaban J connectivity index is 1.66. The zero-order chi connectivity index (χ0) is 22.5. The molecule has 0 saturated heterocycles. The highest BCUT2D eigenvalue weighted by Gasteiger charge is 2.18. The lowest BCUT2D eigenvalue weighted by Gasteiger charge is -2.11. The average Bonchev–Trinajstić information content (AvgIpc) is 3.12. The first-order valence-electron chi connectivity index (χ1n) is 9.14. The maximum atomic E-state index is 12.3. The van der Waals surface area contributed by atoms with Crippen LogP contribution >= 0.6 is 0 Å². The number of carbonyl (C=O) groups is 3. The second-order valence-electron chi connectivity index (χ2n) is 6.67. The molecule has 3 rings (SSSR count). The second-order valence-corrected chi connectivity index (χ2v) is 6.67. The molecule has 0 aliphatic carbocycles. The molecule has 0 spiro atoms. The fourth-order valence-electron chi connectivity index (χ4n) is 3.01. The number of hydrogen-bond donors (Lipinski definition) is 6. The van der Waals surface area contributed by atoms with Gasteiger partial charge in [-0.05, 0) is 42.2 Å². The summed E-state index contributed by atoms with van der Waals surface area (Å²) in [4.78, 5) is 55.5. The van der Waals surface area contributed by atoms with Crippen LogP contribution in [0.15, 0.2) is 47.4 Å². The van der Waals surface area contributed by atoms with E-state index in [1.165, 1.54) is 12.1 Å². The average molecular weight is 425 g/mol. The zero-order valence-corrected chi connectivity index (χ0v) is 16.1. The molecule has 31 heavy (non-hydrogen) atoms. The molecule has 160 valence electrons. The van der Waals surface area contributed by atoms with Gasteiger partial charge >= 0.3 is 11.9 Å². The van der Waals surface area contributed by atoms with Gasteiger partial charge in [-0.3, -0.25) is 14.6 Å². The Labute approximate surface area is 174 Å². The van der Waals surface area contributed by atoms with Gasteiger partial charge in [0.15, 0.2) is 0 Å². The number of fused-ring (bicyclic) bond motifs is 1. The molecule has 11 heteroatoms. The van der Waals surface area contributed by atoms with Crippen molar-refractivity contribution < 1.29 is 24.6 Å². The van der Waals surface area contributed by atoms with E-state index in [9.17, 15) is 19.2 Å². The number of rotatable bonds is 8. The quantitative estimate of drug-likeness (QED) is 0.280. The van der Waals surface area contributed by atoms with Crippen molar-refractivity contribution in [2.75, 3.05) is 5.73 Å². The van der Waals surface area contributed by atoms with E-state index in [0.29, 0.717) is 30.0 Å². The van der Waals surface area contributed by atoms with E-state index >= 15 is 0 Å². The number of carbonyl (C=O) groups excluding carboxylic acids is 1. The number of aromatic nitrogens is 3. The number of hydrogen-bond acceptors (Lipinski definition) is 6. The maximum Gasteiger partial charge on any atom is 0.330 e. The molecule has 0 unspecified atom stereocenters. The van der Waals surface area contributed by atoms with Crippen molar-refractivity contribution in [3.05, 3.63) is 69.7 Å². The first-order chi connectivity index (χ1) is 14.7. The van der Waals surface area contributed by atoms with E-state index in [0.717, 1.165) is 17.2 Å². The molecule has 0 saturated carbocycles. The highest BCUT2D eigenvalue weighted by molar-refractivity contribution is 5.97. The minimum Gasteiger partial charge on any atom is -0.479 e. The van der Waals surface area contributed by atoms with E-state index in [1.807, 2.05) is 0 Å². The third-order valence-corrected chi connectivity index (χ3v) is 4.52. The number of aromatic amines is 2. The summed E-state index contributed by atoms with van der Waals surface area (Å²) >= 11 is 0. The lowest BCUT2D eigenvalue weighted by molar-refractivity contribution is -0.137. The largest absolute Gasteiger partial charge is 0.479 e. The molecule has 1 atom stereocenters. The third kappa shape index (κ3) is 5.15. The molecule has 0 aliphatic rings. The molecular formula is C20H19N5O6. The Kier molecular flexibility index (Phi) is 6.15. The molecule has 11 nitrogen and oxygen atoms in total. The van der Waals surface area contributed by atoms with Gasteiger partial charge in [-0.1, -0.05) is 12.1 Å². The van der Waals surface area contributed by atoms with Gasteiger partial charge in [0.2, 0.25) is 5.95 Å². The van der Waals surface area contributed by atoms with Crippen LogP contribution in [0.3, 0.4) is 0 Å². The molecule has 3 aromatic rings. The van der Waals surface area contributed by atoms with Crippen molar-refractivity contribution in [1.29, 1.82) is 0 Å². The number of aryl methyl sites for hydroxylation is 2. The summed E-state index contributed by atoms with van der Waals surface area (Å²) in [5.74, 6) is -3.32. The first kappa shape index (κ1) is 21.3. The Morgan fingerprint density at radius 2 is 1.87 bits per heavy atom. The molecule has 0 bridgehead atoms. The molecule has 0 fully saturated rings. The number of H-pyrrole nitrogens is 2. The van der Waals surface area contributed by atoms with Crippen molar-refractivity contribution in [1.82, 2.24) is 20.3 Å². The van der Waals surface area contributed by atoms with E-state index in [2.05, 4.69) is 20.3 Å². The van der Waals surface area contributed by atoms with Gasteiger partial charge in [0.25, 0.3) is 11.5 Å². The zero-order valence-electron chi connectivity index (χ0n) is 16.1. The van der Waals surface area contributed by atoms with Crippen LogP contribution in [0.4, 0.5) is 5.95 Å². The number of nitrogens with zero attached hydrogens (tertiary/aromatic N) is 1. The summed E-state index contributed by atoms with van der Waals surface area (Å²) in [5.41, 5.74) is 7.52. The molecule has 1 aromatic carbocycles. The van der Waals surface area contributed by atoms with Crippen LogP contribution in [0.2, 0.25) is 0 Å².